The Morgan fingerprint density at radius 3 is 2.42 bits per heavy atom. The molecule has 2 N–H and O–H groups in total. The highest BCUT2D eigenvalue weighted by atomic mass is 16.4. The van der Waals surface area contributed by atoms with Crippen molar-refractivity contribution in [3.8, 4) is 0 Å². The molecular formula is C14H24N2O3. The van der Waals surface area contributed by atoms with Crippen molar-refractivity contribution in [2.24, 2.45) is 11.8 Å². The molecule has 2 fully saturated rings. The Balaban J connectivity index is 1.70. The summed E-state index contributed by atoms with van der Waals surface area (Å²) >= 11 is 0. The number of aliphatic carboxylic acids is 1. The normalized spacial score (nSPS) is 28.2. The Bertz CT molecular complexity index is 327. The molecule has 1 saturated heterocycles. The zero-order chi connectivity index (χ0) is 13.7. The van der Waals surface area contributed by atoms with E-state index < -0.39 is 11.9 Å². The van der Waals surface area contributed by atoms with Gasteiger partial charge in [0.2, 0.25) is 5.91 Å². The van der Waals surface area contributed by atoms with Crippen molar-refractivity contribution in [3.05, 3.63) is 0 Å². The minimum Gasteiger partial charge on any atom is -0.481 e. The van der Waals surface area contributed by atoms with Crippen molar-refractivity contribution in [3.63, 3.8) is 0 Å². The molecule has 1 amide bonds. The fraction of sp³-hybridized carbons (Fsp3) is 0.857. The van der Waals surface area contributed by atoms with E-state index in [4.69, 9.17) is 5.11 Å². The summed E-state index contributed by atoms with van der Waals surface area (Å²) in [4.78, 5) is 25.4. The Labute approximate surface area is 114 Å². The Morgan fingerprint density at radius 1 is 1.05 bits per heavy atom. The Morgan fingerprint density at radius 2 is 1.74 bits per heavy atom. The van der Waals surface area contributed by atoms with Gasteiger partial charge in [-0.15, -0.1) is 0 Å². The summed E-state index contributed by atoms with van der Waals surface area (Å²) < 4.78 is 0. The lowest BCUT2D eigenvalue weighted by atomic mass is 9.95. The SMILES string of the molecule is O=C(O)[C@H]1CCC[C@H]1C(=O)NCCN1CCCCC1. The van der Waals surface area contributed by atoms with Gasteiger partial charge < -0.3 is 15.3 Å². The summed E-state index contributed by atoms with van der Waals surface area (Å²) in [5.41, 5.74) is 0. The van der Waals surface area contributed by atoms with Gasteiger partial charge in [-0.3, -0.25) is 9.59 Å². The smallest absolute Gasteiger partial charge is 0.307 e. The molecule has 5 heteroatoms. The summed E-state index contributed by atoms with van der Waals surface area (Å²) in [6.07, 6.45) is 6.01. The highest BCUT2D eigenvalue weighted by Gasteiger charge is 2.37. The zero-order valence-corrected chi connectivity index (χ0v) is 11.4. The van der Waals surface area contributed by atoms with Crippen LogP contribution in [0.1, 0.15) is 38.5 Å². The van der Waals surface area contributed by atoms with Gasteiger partial charge >= 0.3 is 5.97 Å². The van der Waals surface area contributed by atoms with E-state index in [2.05, 4.69) is 10.2 Å². The fourth-order valence-corrected chi connectivity index (χ4v) is 3.22. The van der Waals surface area contributed by atoms with E-state index in [0.29, 0.717) is 19.4 Å². The van der Waals surface area contributed by atoms with Gasteiger partial charge in [0.1, 0.15) is 0 Å². The molecule has 2 aliphatic rings. The van der Waals surface area contributed by atoms with Crippen LogP contribution in [0.3, 0.4) is 0 Å². The highest BCUT2D eigenvalue weighted by Crippen LogP contribution is 2.31. The van der Waals surface area contributed by atoms with Crippen LogP contribution in [-0.4, -0.2) is 48.1 Å². The maximum atomic E-state index is 12.0. The van der Waals surface area contributed by atoms with Gasteiger partial charge in [0, 0.05) is 13.1 Å². The standard InChI is InChI=1S/C14H24N2O3/c17-13(11-5-4-6-12(11)14(18)19)15-7-10-16-8-2-1-3-9-16/h11-12H,1-10H2,(H,15,17)(H,18,19)/t11-,12+/m1/s1. The lowest BCUT2D eigenvalue weighted by Crippen LogP contribution is -2.41. The predicted molar refractivity (Wildman–Crippen MR) is 71.8 cm³/mol. The number of piperidine rings is 1. The van der Waals surface area contributed by atoms with E-state index in [1.165, 1.54) is 19.3 Å². The van der Waals surface area contributed by atoms with E-state index >= 15 is 0 Å². The minimum absolute atomic E-state index is 0.0677. The van der Waals surface area contributed by atoms with Crippen LogP contribution in [0.15, 0.2) is 0 Å². The van der Waals surface area contributed by atoms with Gasteiger partial charge in [0.15, 0.2) is 0 Å². The number of carboxylic acids is 1. The van der Waals surface area contributed by atoms with Crippen molar-refractivity contribution in [1.82, 2.24) is 10.2 Å². The van der Waals surface area contributed by atoms with Crippen molar-refractivity contribution < 1.29 is 14.7 Å². The molecular weight excluding hydrogens is 244 g/mol. The van der Waals surface area contributed by atoms with Crippen molar-refractivity contribution in [2.75, 3.05) is 26.2 Å². The summed E-state index contributed by atoms with van der Waals surface area (Å²) in [7, 11) is 0. The van der Waals surface area contributed by atoms with Crippen molar-refractivity contribution in [2.45, 2.75) is 38.5 Å². The second-order valence-corrected chi connectivity index (χ2v) is 5.68. The van der Waals surface area contributed by atoms with Gasteiger partial charge in [0.25, 0.3) is 0 Å². The average molecular weight is 268 g/mol. The number of nitrogens with one attached hydrogen (secondary N) is 1. The van der Waals surface area contributed by atoms with Crippen LogP contribution in [0.25, 0.3) is 0 Å². The van der Waals surface area contributed by atoms with Crippen LogP contribution >= 0.6 is 0 Å². The number of carboxylic acid groups (broad SMARTS) is 1. The summed E-state index contributed by atoms with van der Waals surface area (Å²) in [5, 5.41) is 12.0. The molecule has 0 bridgehead atoms. The number of hydrogen-bond acceptors (Lipinski definition) is 3. The van der Waals surface area contributed by atoms with Crippen molar-refractivity contribution >= 4 is 11.9 Å². The number of amides is 1. The lowest BCUT2D eigenvalue weighted by Gasteiger charge is -2.26. The number of carbonyl (C=O) groups excluding carboxylic acids is 1. The van der Waals surface area contributed by atoms with Gasteiger partial charge in [0.05, 0.1) is 11.8 Å². The summed E-state index contributed by atoms with van der Waals surface area (Å²) in [6.45, 7) is 3.77. The second-order valence-electron chi connectivity index (χ2n) is 5.68. The number of rotatable bonds is 5. The number of hydrogen-bond donors (Lipinski definition) is 2. The molecule has 0 aromatic carbocycles. The maximum absolute atomic E-state index is 12.0. The highest BCUT2D eigenvalue weighted by molar-refractivity contribution is 5.85. The third-order valence-electron chi connectivity index (χ3n) is 4.35. The van der Waals surface area contributed by atoms with E-state index in [1.54, 1.807) is 0 Å². The van der Waals surface area contributed by atoms with Gasteiger partial charge in [-0.2, -0.15) is 0 Å². The van der Waals surface area contributed by atoms with Crippen LogP contribution in [0.2, 0.25) is 0 Å². The molecule has 1 aliphatic heterocycles. The predicted octanol–water partition coefficient (Wildman–Crippen LogP) is 1.09. The quantitative estimate of drug-likeness (QED) is 0.783. The first-order valence-corrected chi connectivity index (χ1v) is 7.41. The van der Waals surface area contributed by atoms with Crippen LogP contribution in [0, 0.1) is 11.8 Å². The molecule has 108 valence electrons. The molecule has 0 unspecified atom stereocenters. The number of likely N-dealkylation sites (tertiary alicyclic amines) is 1. The first-order chi connectivity index (χ1) is 9.18. The van der Waals surface area contributed by atoms with Crippen LogP contribution < -0.4 is 5.32 Å². The molecule has 0 radical (unpaired) electrons. The number of carbonyl (C=O) groups is 2. The summed E-state index contributed by atoms with van der Waals surface area (Å²) in [5.74, 6) is -1.69. The molecule has 1 heterocycles. The van der Waals surface area contributed by atoms with E-state index in [1.807, 2.05) is 0 Å². The average Bonchev–Trinajstić information content (AvgIpc) is 2.89. The molecule has 0 aromatic rings. The van der Waals surface area contributed by atoms with E-state index in [9.17, 15) is 9.59 Å². The largest absolute Gasteiger partial charge is 0.481 e. The molecule has 0 aromatic heterocycles. The third kappa shape index (κ3) is 3.93. The van der Waals surface area contributed by atoms with E-state index in [0.717, 1.165) is 26.1 Å². The third-order valence-corrected chi connectivity index (χ3v) is 4.35. The maximum Gasteiger partial charge on any atom is 0.307 e. The molecule has 0 spiro atoms. The van der Waals surface area contributed by atoms with Gasteiger partial charge in [-0.25, -0.2) is 0 Å². The van der Waals surface area contributed by atoms with Crippen LogP contribution in [0.4, 0.5) is 0 Å². The molecule has 1 saturated carbocycles. The zero-order valence-electron chi connectivity index (χ0n) is 11.4. The molecule has 1 aliphatic carbocycles. The lowest BCUT2D eigenvalue weighted by molar-refractivity contribution is -0.146. The number of nitrogens with zero attached hydrogens (tertiary/aromatic N) is 1. The van der Waals surface area contributed by atoms with Gasteiger partial charge in [-0.05, 0) is 38.8 Å². The molecule has 19 heavy (non-hydrogen) atoms. The minimum atomic E-state index is -0.825. The van der Waals surface area contributed by atoms with Crippen molar-refractivity contribution in [1.29, 1.82) is 0 Å². The van der Waals surface area contributed by atoms with E-state index in [-0.39, 0.29) is 11.8 Å². The first kappa shape index (κ1) is 14.3. The molecule has 5 nitrogen and oxygen atoms in total. The first-order valence-electron chi connectivity index (χ1n) is 7.41. The van der Waals surface area contributed by atoms with Crippen LogP contribution in [0.5, 0.6) is 0 Å². The topological polar surface area (TPSA) is 69.6 Å². The molecule has 2 atom stereocenters. The monoisotopic (exact) mass is 268 g/mol. The Hall–Kier alpha value is -1.10. The Kier molecular flexibility index (Phi) is 5.19. The second kappa shape index (κ2) is 6.89. The fourth-order valence-electron chi connectivity index (χ4n) is 3.22. The molecule has 2 rings (SSSR count). The summed E-state index contributed by atoms with van der Waals surface area (Å²) in [6, 6.07) is 0. The van der Waals surface area contributed by atoms with Crippen LogP contribution in [-0.2, 0) is 9.59 Å². The van der Waals surface area contributed by atoms with Gasteiger partial charge in [-0.1, -0.05) is 12.8 Å².